The van der Waals surface area contributed by atoms with Crippen LogP contribution in [0.5, 0.6) is 17.2 Å². The van der Waals surface area contributed by atoms with Crippen molar-refractivity contribution in [1.29, 1.82) is 0 Å². The third-order valence-electron chi connectivity index (χ3n) is 2.82. The van der Waals surface area contributed by atoms with Gasteiger partial charge in [-0.05, 0) is 20.8 Å². The van der Waals surface area contributed by atoms with Gasteiger partial charge >= 0.3 is 6.03 Å². The highest BCUT2D eigenvalue weighted by Crippen LogP contribution is 2.40. The lowest BCUT2D eigenvalue weighted by Gasteiger charge is -2.17. The standard InChI is InChI=1S/C16H21N3O4S/c1-4-21-12-9-11(10-13(22-5-2)14(12)23-6-3)18-15(20)19-16-17-7-8-24-16/h7-10H,4-6H2,1-3H3,(H2,17,18,19,20). The number of carbonyl (C=O) groups excluding carboxylic acids is 1. The monoisotopic (exact) mass is 351 g/mol. The quantitative estimate of drug-likeness (QED) is 0.752. The molecule has 0 saturated heterocycles. The second-order valence-electron chi connectivity index (χ2n) is 4.52. The molecule has 24 heavy (non-hydrogen) atoms. The summed E-state index contributed by atoms with van der Waals surface area (Å²) in [6, 6.07) is 3.02. The van der Waals surface area contributed by atoms with Crippen LogP contribution in [-0.4, -0.2) is 30.8 Å². The Balaban J connectivity index is 2.23. The van der Waals surface area contributed by atoms with Gasteiger partial charge in [0.05, 0.1) is 25.5 Å². The van der Waals surface area contributed by atoms with Gasteiger partial charge in [-0.15, -0.1) is 11.3 Å². The van der Waals surface area contributed by atoms with Crippen LogP contribution in [0.4, 0.5) is 15.6 Å². The number of amides is 2. The smallest absolute Gasteiger partial charge is 0.325 e. The normalized spacial score (nSPS) is 10.1. The molecule has 0 radical (unpaired) electrons. The van der Waals surface area contributed by atoms with Gasteiger partial charge in [-0.25, -0.2) is 9.78 Å². The molecule has 0 aliphatic rings. The molecule has 0 saturated carbocycles. The van der Waals surface area contributed by atoms with Crippen LogP contribution in [0.2, 0.25) is 0 Å². The van der Waals surface area contributed by atoms with Crippen LogP contribution in [0.15, 0.2) is 23.7 Å². The van der Waals surface area contributed by atoms with E-state index in [0.29, 0.717) is 47.9 Å². The van der Waals surface area contributed by atoms with Gasteiger partial charge in [0.1, 0.15) is 0 Å². The highest BCUT2D eigenvalue weighted by atomic mass is 32.1. The Morgan fingerprint density at radius 1 is 1.04 bits per heavy atom. The molecule has 2 amide bonds. The minimum Gasteiger partial charge on any atom is -0.490 e. The molecule has 0 aliphatic heterocycles. The topological polar surface area (TPSA) is 81.7 Å². The minimum absolute atomic E-state index is 0.390. The molecular formula is C16H21N3O4S. The van der Waals surface area contributed by atoms with Crippen LogP contribution in [0, 0.1) is 0 Å². The fourth-order valence-electron chi connectivity index (χ4n) is 2.01. The largest absolute Gasteiger partial charge is 0.490 e. The molecule has 0 fully saturated rings. The Morgan fingerprint density at radius 2 is 1.67 bits per heavy atom. The molecule has 8 heteroatoms. The number of rotatable bonds is 8. The van der Waals surface area contributed by atoms with Gasteiger partial charge < -0.3 is 19.5 Å². The summed E-state index contributed by atoms with van der Waals surface area (Å²) in [7, 11) is 0. The number of nitrogens with one attached hydrogen (secondary N) is 2. The van der Waals surface area contributed by atoms with Gasteiger partial charge in [-0.1, -0.05) is 0 Å². The van der Waals surface area contributed by atoms with E-state index >= 15 is 0 Å². The van der Waals surface area contributed by atoms with Gasteiger partial charge in [-0.3, -0.25) is 5.32 Å². The first-order chi connectivity index (χ1) is 11.7. The summed E-state index contributed by atoms with van der Waals surface area (Å²) in [5.74, 6) is 1.58. The SMILES string of the molecule is CCOc1cc(NC(=O)Nc2nccs2)cc(OCC)c1OCC. The van der Waals surface area contributed by atoms with Crippen molar-refractivity contribution in [3.8, 4) is 17.2 Å². The second-order valence-corrected chi connectivity index (χ2v) is 5.41. The summed E-state index contributed by atoms with van der Waals surface area (Å²) >= 11 is 1.34. The van der Waals surface area contributed by atoms with Gasteiger partial charge in [0.2, 0.25) is 5.75 Å². The molecule has 2 rings (SSSR count). The van der Waals surface area contributed by atoms with E-state index < -0.39 is 0 Å². The Kier molecular flexibility index (Phi) is 6.68. The van der Waals surface area contributed by atoms with E-state index in [-0.39, 0.29) is 6.03 Å². The maximum Gasteiger partial charge on any atom is 0.325 e. The second kappa shape index (κ2) is 8.97. The van der Waals surface area contributed by atoms with Gasteiger partial charge in [0, 0.05) is 23.7 Å². The maximum atomic E-state index is 12.1. The van der Waals surface area contributed by atoms with E-state index in [1.165, 1.54) is 11.3 Å². The first kappa shape index (κ1) is 17.9. The highest BCUT2D eigenvalue weighted by Gasteiger charge is 2.16. The zero-order valence-corrected chi connectivity index (χ0v) is 14.7. The molecule has 1 heterocycles. The van der Waals surface area contributed by atoms with E-state index in [4.69, 9.17) is 14.2 Å². The lowest BCUT2D eigenvalue weighted by molar-refractivity contribution is 0.260. The van der Waals surface area contributed by atoms with Crippen molar-refractivity contribution in [2.75, 3.05) is 30.5 Å². The third-order valence-corrected chi connectivity index (χ3v) is 3.51. The van der Waals surface area contributed by atoms with Gasteiger partial charge in [0.15, 0.2) is 16.6 Å². The van der Waals surface area contributed by atoms with Crippen molar-refractivity contribution >= 4 is 28.2 Å². The number of thiazole rings is 1. The zero-order chi connectivity index (χ0) is 17.4. The molecule has 0 atom stereocenters. The fraction of sp³-hybridized carbons (Fsp3) is 0.375. The van der Waals surface area contributed by atoms with Crippen molar-refractivity contribution in [3.05, 3.63) is 23.7 Å². The van der Waals surface area contributed by atoms with Gasteiger partial charge in [0.25, 0.3) is 0 Å². The average molecular weight is 351 g/mol. The number of urea groups is 1. The highest BCUT2D eigenvalue weighted by molar-refractivity contribution is 7.13. The number of aromatic nitrogens is 1. The van der Waals surface area contributed by atoms with E-state index in [2.05, 4.69) is 15.6 Å². The summed E-state index contributed by atoms with van der Waals surface area (Å²) < 4.78 is 16.9. The number of ether oxygens (including phenoxy) is 3. The molecule has 130 valence electrons. The van der Waals surface area contributed by atoms with E-state index in [9.17, 15) is 4.79 Å². The van der Waals surface area contributed by atoms with Crippen molar-refractivity contribution in [3.63, 3.8) is 0 Å². The van der Waals surface area contributed by atoms with Crippen molar-refractivity contribution in [2.24, 2.45) is 0 Å². The first-order valence-electron chi connectivity index (χ1n) is 7.71. The molecule has 2 aromatic rings. The summed E-state index contributed by atoms with van der Waals surface area (Å²) in [5.41, 5.74) is 0.541. The molecule has 0 unspecified atom stereocenters. The Bertz CT molecular complexity index is 634. The van der Waals surface area contributed by atoms with Crippen molar-refractivity contribution in [1.82, 2.24) is 4.98 Å². The predicted octanol–water partition coefficient (Wildman–Crippen LogP) is 3.98. The van der Waals surface area contributed by atoms with Crippen LogP contribution in [0.1, 0.15) is 20.8 Å². The number of nitrogens with zero attached hydrogens (tertiary/aromatic N) is 1. The molecule has 7 nitrogen and oxygen atoms in total. The van der Waals surface area contributed by atoms with Crippen LogP contribution < -0.4 is 24.8 Å². The average Bonchev–Trinajstić information content (AvgIpc) is 3.04. The Labute approximate surface area is 145 Å². The predicted molar refractivity (Wildman–Crippen MR) is 94.7 cm³/mol. The Morgan fingerprint density at radius 3 is 2.17 bits per heavy atom. The zero-order valence-electron chi connectivity index (χ0n) is 13.9. The number of hydrogen-bond acceptors (Lipinski definition) is 6. The van der Waals surface area contributed by atoms with Crippen molar-refractivity contribution < 1.29 is 19.0 Å². The Hall–Kier alpha value is -2.48. The minimum atomic E-state index is -0.390. The first-order valence-corrected chi connectivity index (χ1v) is 8.59. The number of anilines is 2. The summed E-state index contributed by atoms with van der Waals surface area (Å²) in [6.45, 7) is 7.08. The lowest BCUT2D eigenvalue weighted by Crippen LogP contribution is -2.19. The van der Waals surface area contributed by atoms with Crippen LogP contribution >= 0.6 is 11.3 Å². The molecule has 0 bridgehead atoms. The van der Waals surface area contributed by atoms with E-state index in [1.807, 2.05) is 20.8 Å². The lowest BCUT2D eigenvalue weighted by atomic mass is 10.2. The van der Waals surface area contributed by atoms with E-state index in [0.717, 1.165) is 0 Å². The third kappa shape index (κ3) is 4.76. The number of hydrogen-bond donors (Lipinski definition) is 2. The summed E-state index contributed by atoms with van der Waals surface area (Å²) in [4.78, 5) is 16.1. The molecule has 0 spiro atoms. The molecule has 2 N–H and O–H groups in total. The molecule has 0 aliphatic carbocycles. The fourth-order valence-corrected chi connectivity index (χ4v) is 2.53. The summed E-state index contributed by atoms with van der Waals surface area (Å²) in [5, 5.41) is 7.71. The molecule has 1 aromatic heterocycles. The van der Waals surface area contributed by atoms with Gasteiger partial charge in [-0.2, -0.15) is 0 Å². The van der Waals surface area contributed by atoms with Crippen LogP contribution in [-0.2, 0) is 0 Å². The van der Waals surface area contributed by atoms with Crippen LogP contribution in [0.3, 0.4) is 0 Å². The summed E-state index contributed by atoms with van der Waals surface area (Å²) in [6.07, 6.45) is 1.62. The maximum absolute atomic E-state index is 12.1. The van der Waals surface area contributed by atoms with Crippen LogP contribution in [0.25, 0.3) is 0 Å². The number of carbonyl (C=O) groups is 1. The van der Waals surface area contributed by atoms with E-state index in [1.54, 1.807) is 23.7 Å². The number of benzene rings is 1. The molecule has 1 aromatic carbocycles. The molecular weight excluding hydrogens is 330 g/mol. The van der Waals surface area contributed by atoms with Crippen molar-refractivity contribution in [2.45, 2.75) is 20.8 Å².